The minimum absolute atomic E-state index is 0.0836. The molecule has 6 nitrogen and oxygen atoms in total. The summed E-state index contributed by atoms with van der Waals surface area (Å²) in [7, 11) is 0. The third-order valence-electron chi connectivity index (χ3n) is 6.31. The summed E-state index contributed by atoms with van der Waals surface area (Å²) in [6.45, 7) is 11.2. The molecule has 0 bridgehead atoms. The Morgan fingerprint density at radius 3 is 2.35 bits per heavy atom. The summed E-state index contributed by atoms with van der Waals surface area (Å²) in [6, 6.07) is 14.6. The SMILES string of the molecule is CCN1CCN(C(=O)c2ccc(Cn3c(C)c(C)sc3=NC(=O)c3cccc(Cl)c3)cc2)CC1. The highest BCUT2D eigenvalue weighted by Crippen LogP contribution is 2.16. The molecule has 34 heavy (non-hydrogen) atoms. The van der Waals surface area contributed by atoms with E-state index in [9.17, 15) is 9.59 Å². The van der Waals surface area contributed by atoms with Crippen LogP contribution in [-0.2, 0) is 6.54 Å². The Hall–Kier alpha value is -2.74. The number of amides is 2. The van der Waals surface area contributed by atoms with Crippen LogP contribution in [0.2, 0.25) is 5.02 Å². The van der Waals surface area contributed by atoms with Crippen LogP contribution in [0.3, 0.4) is 0 Å². The standard InChI is InChI=1S/C26H29ClN4O2S/c1-4-29-12-14-30(15-13-29)25(33)21-10-8-20(9-11-21)17-31-18(2)19(3)34-26(31)28-24(32)22-6-5-7-23(27)16-22/h5-11,16H,4,12-15,17H2,1-3H3. The molecular weight excluding hydrogens is 468 g/mol. The van der Waals surface area contributed by atoms with Crippen LogP contribution in [0.15, 0.2) is 53.5 Å². The van der Waals surface area contributed by atoms with E-state index >= 15 is 0 Å². The molecule has 2 aromatic carbocycles. The maximum atomic E-state index is 12.9. The minimum Gasteiger partial charge on any atom is -0.336 e. The number of aromatic nitrogens is 1. The van der Waals surface area contributed by atoms with E-state index in [0.29, 0.717) is 27.5 Å². The molecule has 0 radical (unpaired) electrons. The summed E-state index contributed by atoms with van der Waals surface area (Å²) in [5, 5.41) is 0.509. The van der Waals surface area contributed by atoms with Crippen molar-refractivity contribution in [3.05, 3.63) is 85.6 Å². The first-order chi connectivity index (χ1) is 16.4. The Balaban J connectivity index is 1.52. The number of rotatable bonds is 5. The average molecular weight is 497 g/mol. The molecule has 0 aliphatic carbocycles. The Bertz CT molecular complexity index is 1250. The van der Waals surface area contributed by atoms with Gasteiger partial charge in [0.1, 0.15) is 0 Å². The van der Waals surface area contributed by atoms with E-state index in [0.717, 1.165) is 48.9 Å². The topological polar surface area (TPSA) is 57.9 Å². The lowest BCUT2D eigenvalue weighted by molar-refractivity contribution is 0.0643. The number of carbonyl (C=O) groups is 2. The molecule has 1 fully saturated rings. The molecule has 0 unspecified atom stereocenters. The summed E-state index contributed by atoms with van der Waals surface area (Å²) < 4.78 is 2.04. The number of aryl methyl sites for hydroxylation is 1. The van der Waals surface area contributed by atoms with Crippen molar-refractivity contribution < 1.29 is 9.59 Å². The second-order valence-electron chi connectivity index (χ2n) is 8.46. The number of piperazine rings is 1. The number of hydrogen-bond donors (Lipinski definition) is 0. The van der Waals surface area contributed by atoms with Crippen molar-refractivity contribution in [3.8, 4) is 0 Å². The fraction of sp³-hybridized carbons (Fsp3) is 0.346. The maximum Gasteiger partial charge on any atom is 0.279 e. The summed E-state index contributed by atoms with van der Waals surface area (Å²) in [6.07, 6.45) is 0. The Morgan fingerprint density at radius 1 is 1.00 bits per heavy atom. The van der Waals surface area contributed by atoms with Gasteiger partial charge in [-0.3, -0.25) is 9.59 Å². The summed E-state index contributed by atoms with van der Waals surface area (Å²) >= 11 is 7.53. The molecule has 8 heteroatoms. The Morgan fingerprint density at radius 2 is 1.71 bits per heavy atom. The van der Waals surface area contributed by atoms with Crippen LogP contribution in [0, 0.1) is 13.8 Å². The molecule has 0 saturated carbocycles. The van der Waals surface area contributed by atoms with Gasteiger partial charge in [-0.1, -0.05) is 36.7 Å². The first-order valence-electron chi connectivity index (χ1n) is 11.5. The van der Waals surface area contributed by atoms with Crippen LogP contribution < -0.4 is 4.80 Å². The van der Waals surface area contributed by atoms with Crippen LogP contribution in [0.25, 0.3) is 0 Å². The number of hydrogen-bond acceptors (Lipinski definition) is 4. The van der Waals surface area contributed by atoms with Gasteiger partial charge in [0.05, 0.1) is 6.54 Å². The van der Waals surface area contributed by atoms with Gasteiger partial charge in [0, 0.05) is 52.9 Å². The minimum atomic E-state index is -0.318. The van der Waals surface area contributed by atoms with Crippen LogP contribution in [0.4, 0.5) is 0 Å². The summed E-state index contributed by atoms with van der Waals surface area (Å²) in [5.74, 6) is -0.234. The van der Waals surface area contributed by atoms with Crippen molar-refractivity contribution in [1.82, 2.24) is 14.4 Å². The van der Waals surface area contributed by atoms with E-state index in [1.54, 1.807) is 24.3 Å². The Labute approximate surface area is 209 Å². The fourth-order valence-electron chi connectivity index (χ4n) is 4.03. The van der Waals surface area contributed by atoms with Gasteiger partial charge in [-0.2, -0.15) is 4.99 Å². The van der Waals surface area contributed by atoms with E-state index in [1.165, 1.54) is 11.3 Å². The van der Waals surface area contributed by atoms with Crippen LogP contribution in [0.1, 0.15) is 43.8 Å². The molecule has 4 rings (SSSR count). The third kappa shape index (κ3) is 5.49. The lowest BCUT2D eigenvalue weighted by Gasteiger charge is -2.34. The monoisotopic (exact) mass is 496 g/mol. The quantitative estimate of drug-likeness (QED) is 0.526. The molecule has 0 N–H and O–H groups in total. The van der Waals surface area contributed by atoms with E-state index in [-0.39, 0.29) is 11.8 Å². The second-order valence-corrected chi connectivity index (χ2v) is 10.1. The van der Waals surface area contributed by atoms with Gasteiger partial charge in [-0.25, -0.2) is 0 Å². The molecule has 1 aliphatic heterocycles. The highest BCUT2D eigenvalue weighted by atomic mass is 35.5. The number of carbonyl (C=O) groups excluding carboxylic acids is 2. The number of benzene rings is 2. The van der Waals surface area contributed by atoms with Gasteiger partial charge in [0.25, 0.3) is 11.8 Å². The molecule has 3 aromatic rings. The van der Waals surface area contributed by atoms with Gasteiger partial charge in [-0.05, 0) is 56.3 Å². The fourth-order valence-corrected chi connectivity index (χ4v) is 5.19. The smallest absolute Gasteiger partial charge is 0.279 e. The molecule has 1 saturated heterocycles. The van der Waals surface area contributed by atoms with Gasteiger partial charge < -0.3 is 14.4 Å². The molecule has 1 aromatic heterocycles. The highest BCUT2D eigenvalue weighted by Gasteiger charge is 2.21. The largest absolute Gasteiger partial charge is 0.336 e. The highest BCUT2D eigenvalue weighted by molar-refractivity contribution is 7.09. The zero-order valence-electron chi connectivity index (χ0n) is 19.8. The number of nitrogens with zero attached hydrogens (tertiary/aromatic N) is 4. The molecule has 2 amide bonds. The van der Waals surface area contributed by atoms with Crippen molar-refractivity contribution in [2.45, 2.75) is 27.3 Å². The zero-order chi connectivity index (χ0) is 24.2. The molecular formula is C26H29ClN4O2S. The van der Waals surface area contributed by atoms with Gasteiger partial charge >= 0.3 is 0 Å². The number of halogens is 1. The molecule has 0 atom stereocenters. The zero-order valence-corrected chi connectivity index (χ0v) is 21.3. The first kappa shape index (κ1) is 24.4. The third-order valence-corrected chi connectivity index (χ3v) is 7.64. The van der Waals surface area contributed by atoms with Crippen molar-refractivity contribution in [1.29, 1.82) is 0 Å². The predicted molar refractivity (Wildman–Crippen MR) is 137 cm³/mol. The van der Waals surface area contributed by atoms with Gasteiger partial charge in [-0.15, -0.1) is 11.3 Å². The van der Waals surface area contributed by atoms with E-state index < -0.39 is 0 Å². The van der Waals surface area contributed by atoms with Gasteiger partial charge in [0.15, 0.2) is 4.80 Å². The number of likely N-dealkylation sites (N-methyl/N-ethyl adjacent to an activating group) is 1. The maximum absolute atomic E-state index is 12.9. The van der Waals surface area contributed by atoms with Gasteiger partial charge in [0.2, 0.25) is 0 Å². The molecule has 0 spiro atoms. The van der Waals surface area contributed by atoms with Crippen molar-refractivity contribution in [3.63, 3.8) is 0 Å². The van der Waals surface area contributed by atoms with E-state index in [1.807, 2.05) is 47.6 Å². The van der Waals surface area contributed by atoms with Crippen LogP contribution >= 0.6 is 22.9 Å². The molecule has 178 valence electrons. The predicted octanol–water partition coefficient (Wildman–Crippen LogP) is 4.39. The van der Waals surface area contributed by atoms with Crippen molar-refractivity contribution in [2.24, 2.45) is 4.99 Å². The van der Waals surface area contributed by atoms with E-state index in [2.05, 4.69) is 16.8 Å². The van der Waals surface area contributed by atoms with Crippen LogP contribution in [-0.4, -0.2) is 58.9 Å². The average Bonchev–Trinajstić information content (AvgIpc) is 3.11. The van der Waals surface area contributed by atoms with Crippen molar-refractivity contribution >= 4 is 34.8 Å². The van der Waals surface area contributed by atoms with E-state index in [4.69, 9.17) is 11.6 Å². The molecule has 1 aliphatic rings. The normalized spacial score (nSPS) is 15.1. The lowest BCUT2D eigenvalue weighted by Crippen LogP contribution is -2.48. The molecule has 2 heterocycles. The summed E-state index contributed by atoms with van der Waals surface area (Å²) in [5.41, 5.74) is 3.28. The van der Waals surface area contributed by atoms with Crippen LogP contribution in [0.5, 0.6) is 0 Å². The lowest BCUT2D eigenvalue weighted by atomic mass is 10.1. The first-order valence-corrected chi connectivity index (χ1v) is 12.7. The van der Waals surface area contributed by atoms with Crippen molar-refractivity contribution in [2.75, 3.05) is 32.7 Å². The summed E-state index contributed by atoms with van der Waals surface area (Å²) in [4.78, 5) is 36.1. The Kier molecular flexibility index (Phi) is 7.66. The number of thiazole rings is 1. The second kappa shape index (κ2) is 10.7.